The van der Waals surface area contributed by atoms with Crippen LogP contribution in [0.2, 0.25) is 0 Å². The summed E-state index contributed by atoms with van der Waals surface area (Å²) in [6.45, 7) is 0.467. The van der Waals surface area contributed by atoms with Crippen LogP contribution in [0.1, 0.15) is 31.2 Å². The minimum Gasteiger partial charge on any atom is -0.326 e. The molecule has 1 aromatic carbocycles. The highest BCUT2D eigenvalue weighted by Gasteiger charge is 2.20. The SMILES string of the molecule is NCc1ccc(NS(=O)(=O)CCC2CCC2)cc1. The summed E-state index contributed by atoms with van der Waals surface area (Å²) in [5, 5.41) is 0. The lowest BCUT2D eigenvalue weighted by atomic mass is 9.84. The summed E-state index contributed by atoms with van der Waals surface area (Å²) in [6.07, 6.45) is 4.39. The highest BCUT2D eigenvalue weighted by Crippen LogP contribution is 2.29. The van der Waals surface area contributed by atoms with Crippen molar-refractivity contribution >= 4 is 15.7 Å². The summed E-state index contributed by atoms with van der Waals surface area (Å²) in [7, 11) is -3.21. The topological polar surface area (TPSA) is 72.2 Å². The fourth-order valence-corrected chi connectivity index (χ4v) is 3.28. The first-order valence-corrected chi connectivity index (χ1v) is 8.04. The molecule has 1 aromatic rings. The molecular formula is C13H20N2O2S. The van der Waals surface area contributed by atoms with Crippen molar-refractivity contribution in [3.63, 3.8) is 0 Å². The smallest absolute Gasteiger partial charge is 0.232 e. The average molecular weight is 268 g/mol. The predicted molar refractivity (Wildman–Crippen MR) is 73.7 cm³/mol. The van der Waals surface area contributed by atoms with Gasteiger partial charge in [-0.1, -0.05) is 31.4 Å². The van der Waals surface area contributed by atoms with Crippen molar-refractivity contribution in [2.24, 2.45) is 11.7 Å². The lowest BCUT2D eigenvalue weighted by Crippen LogP contribution is -2.21. The molecule has 0 aliphatic heterocycles. The molecule has 0 amide bonds. The molecule has 0 bridgehead atoms. The standard InChI is InChI=1S/C13H20N2O2S/c14-10-12-4-6-13(7-5-12)15-18(16,17)9-8-11-2-1-3-11/h4-7,11,15H,1-3,8-10,14H2. The van der Waals surface area contributed by atoms with Gasteiger partial charge in [0.25, 0.3) is 0 Å². The molecule has 1 saturated carbocycles. The van der Waals surface area contributed by atoms with Crippen molar-refractivity contribution in [1.29, 1.82) is 0 Å². The van der Waals surface area contributed by atoms with Gasteiger partial charge in [-0.15, -0.1) is 0 Å². The van der Waals surface area contributed by atoms with E-state index in [1.54, 1.807) is 12.1 Å². The van der Waals surface area contributed by atoms with Gasteiger partial charge in [0.2, 0.25) is 10.0 Å². The molecule has 1 aliphatic carbocycles. The highest BCUT2D eigenvalue weighted by atomic mass is 32.2. The number of benzene rings is 1. The molecule has 1 fully saturated rings. The Hall–Kier alpha value is -1.07. The van der Waals surface area contributed by atoms with Crippen LogP contribution < -0.4 is 10.5 Å². The van der Waals surface area contributed by atoms with Crippen LogP contribution in [0.25, 0.3) is 0 Å². The van der Waals surface area contributed by atoms with Gasteiger partial charge in [-0.25, -0.2) is 8.42 Å². The Kier molecular flexibility index (Phi) is 4.24. The Morgan fingerprint density at radius 2 is 1.89 bits per heavy atom. The van der Waals surface area contributed by atoms with E-state index in [2.05, 4.69) is 4.72 Å². The van der Waals surface area contributed by atoms with Gasteiger partial charge in [0.1, 0.15) is 0 Å². The van der Waals surface area contributed by atoms with E-state index in [0.717, 1.165) is 12.0 Å². The van der Waals surface area contributed by atoms with Crippen LogP contribution in [0.3, 0.4) is 0 Å². The molecule has 4 nitrogen and oxygen atoms in total. The van der Waals surface area contributed by atoms with E-state index in [0.29, 0.717) is 18.2 Å². The summed E-state index contributed by atoms with van der Waals surface area (Å²) >= 11 is 0. The Bertz CT molecular complexity index is 478. The first kappa shape index (κ1) is 13.4. The maximum absolute atomic E-state index is 11.9. The highest BCUT2D eigenvalue weighted by molar-refractivity contribution is 7.92. The van der Waals surface area contributed by atoms with Gasteiger partial charge >= 0.3 is 0 Å². The van der Waals surface area contributed by atoms with Gasteiger partial charge in [0.05, 0.1) is 5.75 Å². The van der Waals surface area contributed by atoms with Crippen LogP contribution in [-0.4, -0.2) is 14.2 Å². The molecule has 0 heterocycles. The van der Waals surface area contributed by atoms with Crippen molar-refractivity contribution in [3.05, 3.63) is 29.8 Å². The summed E-state index contributed by atoms with van der Waals surface area (Å²) in [6, 6.07) is 7.18. The molecule has 3 N–H and O–H groups in total. The Morgan fingerprint density at radius 3 is 2.39 bits per heavy atom. The van der Waals surface area contributed by atoms with Crippen LogP contribution >= 0.6 is 0 Å². The monoisotopic (exact) mass is 268 g/mol. The van der Waals surface area contributed by atoms with E-state index < -0.39 is 10.0 Å². The molecule has 2 rings (SSSR count). The normalized spacial score (nSPS) is 16.3. The lowest BCUT2D eigenvalue weighted by Gasteiger charge is -2.24. The van der Waals surface area contributed by atoms with Crippen LogP contribution in [0.5, 0.6) is 0 Å². The number of nitrogens with two attached hydrogens (primary N) is 1. The summed E-state index contributed by atoms with van der Waals surface area (Å²) < 4.78 is 26.3. The predicted octanol–water partition coefficient (Wildman–Crippen LogP) is 2.08. The Labute approximate surface area is 109 Å². The van der Waals surface area contributed by atoms with Crippen molar-refractivity contribution < 1.29 is 8.42 Å². The number of sulfonamides is 1. The van der Waals surface area contributed by atoms with Gasteiger partial charge in [-0.3, -0.25) is 4.72 Å². The van der Waals surface area contributed by atoms with Gasteiger partial charge in [-0.2, -0.15) is 0 Å². The van der Waals surface area contributed by atoms with Crippen LogP contribution in [0.4, 0.5) is 5.69 Å². The molecule has 18 heavy (non-hydrogen) atoms. The molecule has 1 aliphatic rings. The average Bonchev–Trinajstić information content (AvgIpc) is 2.27. The molecule has 0 spiro atoms. The van der Waals surface area contributed by atoms with Crippen molar-refractivity contribution in [3.8, 4) is 0 Å². The van der Waals surface area contributed by atoms with E-state index >= 15 is 0 Å². The maximum Gasteiger partial charge on any atom is 0.232 e. The third-order valence-electron chi connectivity index (χ3n) is 3.48. The number of hydrogen-bond acceptors (Lipinski definition) is 3. The van der Waals surface area contributed by atoms with E-state index in [1.165, 1.54) is 19.3 Å². The van der Waals surface area contributed by atoms with E-state index in [4.69, 9.17) is 5.73 Å². The van der Waals surface area contributed by atoms with E-state index in [-0.39, 0.29) is 5.75 Å². The lowest BCUT2D eigenvalue weighted by molar-refractivity contribution is 0.307. The molecule has 0 atom stereocenters. The first-order chi connectivity index (χ1) is 8.59. The molecule has 0 aromatic heterocycles. The number of hydrogen-bond donors (Lipinski definition) is 2. The largest absolute Gasteiger partial charge is 0.326 e. The number of nitrogens with one attached hydrogen (secondary N) is 1. The molecule has 100 valence electrons. The zero-order valence-electron chi connectivity index (χ0n) is 10.4. The molecule has 5 heteroatoms. The van der Waals surface area contributed by atoms with Crippen LogP contribution in [0, 0.1) is 5.92 Å². The molecular weight excluding hydrogens is 248 g/mol. The van der Waals surface area contributed by atoms with Gasteiger partial charge in [-0.05, 0) is 30.0 Å². The molecule has 0 unspecified atom stereocenters. The quantitative estimate of drug-likeness (QED) is 0.829. The van der Waals surface area contributed by atoms with E-state index in [9.17, 15) is 8.42 Å². The molecule has 0 saturated heterocycles. The zero-order chi connectivity index (χ0) is 13.0. The maximum atomic E-state index is 11.9. The van der Waals surface area contributed by atoms with Crippen LogP contribution in [-0.2, 0) is 16.6 Å². The number of rotatable bonds is 6. The van der Waals surface area contributed by atoms with Gasteiger partial charge in [0, 0.05) is 12.2 Å². The second-order valence-corrected chi connectivity index (χ2v) is 6.75. The fraction of sp³-hybridized carbons (Fsp3) is 0.538. The van der Waals surface area contributed by atoms with Crippen molar-refractivity contribution in [2.45, 2.75) is 32.2 Å². The minimum absolute atomic E-state index is 0.219. The fourth-order valence-electron chi connectivity index (χ4n) is 2.04. The summed E-state index contributed by atoms with van der Waals surface area (Å²) in [5.74, 6) is 0.831. The zero-order valence-corrected chi connectivity index (χ0v) is 11.2. The summed E-state index contributed by atoms with van der Waals surface area (Å²) in [5.41, 5.74) is 7.10. The summed E-state index contributed by atoms with van der Waals surface area (Å²) in [4.78, 5) is 0. The van der Waals surface area contributed by atoms with Crippen LogP contribution in [0.15, 0.2) is 24.3 Å². The van der Waals surface area contributed by atoms with E-state index in [1.807, 2.05) is 12.1 Å². The second-order valence-electron chi connectivity index (χ2n) is 4.91. The second kappa shape index (κ2) is 5.71. The first-order valence-electron chi connectivity index (χ1n) is 6.38. The third-order valence-corrected chi connectivity index (χ3v) is 4.80. The minimum atomic E-state index is -3.21. The third kappa shape index (κ3) is 3.71. The Balaban J connectivity index is 1.89. The van der Waals surface area contributed by atoms with Crippen molar-refractivity contribution in [2.75, 3.05) is 10.5 Å². The van der Waals surface area contributed by atoms with Gasteiger partial charge in [0.15, 0.2) is 0 Å². The Morgan fingerprint density at radius 1 is 1.22 bits per heavy atom. The number of anilines is 1. The molecule has 0 radical (unpaired) electrons. The van der Waals surface area contributed by atoms with Gasteiger partial charge < -0.3 is 5.73 Å². The van der Waals surface area contributed by atoms with Crippen molar-refractivity contribution in [1.82, 2.24) is 0 Å².